The van der Waals surface area contributed by atoms with Gasteiger partial charge in [-0.3, -0.25) is 9.97 Å². The lowest BCUT2D eigenvalue weighted by Gasteiger charge is -2.13. The van der Waals surface area contributed by atoms with Crippen molar-refractivity contribution in [1.29, 1.82) is 0 Å². The van der Waals surface area contributed by atoms with Gasteiger partial charge < -0.3 is 0 Å². The van der Waals surface area contributed by atoms with Gasteiger partial charge in [0, 0.05) is 22.3 Å². The monoisotopic (exact) mass is 462 g/mol. The highest BCUT2D eigenvalue weighted by Crippen LogP contribution is 2.33. The molecule has 0 bridgehead atoms. The third-order valence-electron chi connectivity index (χ3n) is 6.00. The second-order valence-corrected chi connectivity index (χ2v) is 8.37. The van der Waals surface area contributed by atoms with Gasteiger partial charge in [0.15, 0.2) is 0 Å². The maximum Gasteiger partial charge on any atom is 0.109 e. The molecule has 0 saturated carbocycles. The highest BCUT2D eigenvalue weighted by Gasteiger charge is 2.17. The van der Waals surface area contributed by atoms with Gasteiger partial charge in [-0.1, -0.05) is 121 Å². The summed E-state index contributed by atoms with van der Waals surface area (Å²) < 4.78 is 0. The largest absolute Gasteiger partial charge is 0.252 e. The minimum Gasteiger partial charge on any atom is -0.252 e. The van der Waals surface area contributed by atoms with Crippen LogP contribution in [0.1, 0.15) is 0 Å². The molecule has 0 aliphatic carbocycles. The number of nitrogens with zero attached hydrogens (tertiary/aromatic N) is 4. The summed E-state index contributed by atoms with van der Waals surface area (Å²) in [6.07, 6.45) is 3.57. The molecule has 0 amide bonds. The van der Waals surface area contributed by atoms with E-state index in [0.29, 0.717) is 11.4 Å². The Morgan fingerprint density at radius 2 is 0.583 bits per heavy atom. The standard InChI is InChI=1S/C32H22N4/c1-5-13-23(14-6-1)29-31(25-17-9-3-10-18-25)35-27(21-33-29)28-22-34-30(24-15-7-2-8-16-24)32(36-28)26-19-11-4-12-20-26/h1-22H. The van der Waals surface area contributed by atoms with E-state index in [4.69, 9.17) is 19.9 Å². The van der Waals surface area contributed by atoms with E-state index < -0.39 is 0 Å². The molecule has 0 atom stereocenters. The quantitative estimate of drug-likeness (QED) is 0.265. The first-order valence-corrected chi connectivity index (χ1v) is 11.8. The molecule has 0 fully saturated rings. The zero-order valence-corrected chi connectivity index (χ0v) is 19.5. The van der Waals surface area contributed by atoms with E-state index in [0.717, 1.165) is 45.0 Å². The zero-order chi connectivity index (χ0) is 24.2. The van der Waals surface area contributed by atoms with E-state index in [2.05, 4.69) is 48.5 Å². The Balaban J connectivity index is 1.53. The normalized spacial score (nSPS) is 10.8. The van der Waals surface area contributed by atoms with E-state index in [1.807, 2.05) is 72.8 Å². The molecule has 36 heavy (non-hydrogen) atoms. The van der Waals surface area contributed by atoms with Gasteiger partial charge in [-0.25, -0.2) is 9.97 Å². The molecule has 4 aromatic carbocycles. The minimum atomic E-state index is 0.679. The van der Waals surface area contributed by atoms with Gasteiger partial charge in [-0.15, -0.1) is 0 Å². The van der Waals surface area contributed by atoms with Crippen LogP contribution < -0.4 is 0 Å². The van der Waals surface area contributed by atoms with Crippen LogP contribution in [-0.4, -0.2) is 19.9 Å². The molecule has 0 aliphatic rings. The Bertz CT molecular complexity index is 1480. The molecule has 4 nitrogen and oxygen atoms in total. The molecule has 2 aromatic heterocycles. The van der Waals surface area contributed by atoms with Crippen LogP contribution in [0.2, 0.25) is 0 Å². The average molecular weight is 463 g/mol. The number of hydrogen-bond acceptors (Lipinski definition) is 4. The highest BCUT2D eigenvalue weighted by molar-refractivity contribution is 5.81. The summed E-state index contributed by atoms with van der Waals surface area (Å²) in [4.78, 5) is 19.8. The Labute approximate surface area is 210 Å². The summed E-state index contributed by atoms with van der Waals surface area (Å²) in [6.45, 7) is 0. The lowest BCUT2D eigenvalue weighted by molar-refractivity contribution is 1.15. The van der Waals surface area contributed by atoms with Gasteiger partial charge >= 0.3 is 0 Å². The fraction of sp³-hybridized carbons (Fsp3) is 0. The van der Waals surface area contributed by atoms with Crippen LogP contribution in [0.3, 0.4) is 0 Å². The Morgan fingerprint density at radius 3 is 0.889 bits per heavy atom. The molecule has 0 N–H and O–H groups in total. The van der Waals surface area contributed by atoms with Crippen LogP contribution in [0.4, 0.5) is 0 Å². The number of benzene rings is 4. The third kappa shape index (κ3) is 4.28. The first kappa shape index (κ1) is 21.6. The van der Waals surface area contributed by atoms with Gasteiger partial charge in [0.25, 0.3) is 0 Å². The maximum atomic E-state index is 5.06. The zero-order valence-electron chi connectivity index (χ0n) is 19.5. The van der Waals surface area contributed by atoms with Crippen molar-refractivity contribution in [1.82, 2.24) is 19.9 Å². The number of aromatic nitrogens is 4. The van der Waals surface area contributed by atoms with Crippen molar-refractivity contribution in [3.63, 3.8) is 0 Å². The fourth-order valence-corrected chi connectivity index (χ4v) is 4.23. The molecule has 6 rings (SSSR count). The summed E-state index contributed by atoms with van der Waals surface area (Å²) in [5, 5.41) is 0. The molecular weight excluding hydrogens is 440 g/mol. The topological polar surface area (TPSA) is 51.6 Å². The lowest BCUT2D eigenvalue weighted by Crippen LogP contribution is -2.00. The van der Waals surface area contributed by atoms with E-state index in [1.54, 1.807) is 12.4 Å². The second kappa shape index (κ2) is 9.72. The van der Waals surface area contributed by atoms with E-state index in [9.17, 15) is 0 Å². The SMILES string of the molecule is c1ccc(-c2ncc(-c3cnc(-c4ccccc4)c(-c4ccccc4)n3)nc2-c2ccccc2)cc1. The van der Waals surface area contributed by atoms with Crippen molar-refractivity contribution in [3.8, 4) is 56.4 Å². The van der Waals surface area contributed by atoms with Crippen LogP contribution in [0.25, 0.3) is 56.4 Å². The Hall–Kier alpha value is -4.96. The third-order valence-corrected chi connectivity index (χ3v) is 6.00. The van der Waals surface area contributed by atoms with Gasteiger partial charge in [-0.05, 0) is 0 Å². The number of hydrogen-bond donors (Lipinski definition) is 0. The smallest absolute Gasteiger partial charge is 0.109 e. The van der Waals surface area contributed by atoms with Gasteiger partial charge in [-0.2, -0.15) is 0 Å². The Morgan fingerprint density at radius 1 is 0.306 bits per heavy atom. The molecule has 2 heterocycles. The van der Waals surface area contributed by atoms with Crippen molar-refractivity contribution < 1.29 is 0 Å². The van der Waals surface area contributed by atoms with Crippen LogP contribution in [0, 0.1) is 0 Å². The minimum absolute atomic E-state index is 0.679. The lowest BCUT2D eigenvalue weighted by atomic mass is 10.0. The van der Waals surface area contributed by atoms with Gasteiger partial charge in [0.1, 0.15) is 11.4 Å². The van der Waals surface area contributed by atoms with Crippen LogP contribution in [0.15, 0.2) is 134 Å². The predicted molar refractivity (Wildman–Crippen MR) is 145 cm³/mol. The predicted octanol–water partition coefficient (Wildman–Crippen LogP) is 7.60. The summed E-state index contributed by atoms with van der Waals surface area (Å²) in [5.74, 6) is 0. The van der Waals surface area contributed by atoms with E-state index >= 15 is 0 Å². The van der Waals surface area contributed by atoms with Crippen LogP contribution in [-0.2, 0) is 0 Å². The van der Waals surface area contributed by atoms with Crippen LogP contribution in [0.5, 0.6) is 0 Å². The Kier molecular flexibility index (Phi) is 5.83. The maximum absolute atomic E-state index is 5.06. The second-order valence-electron chi connectivity index (χ2n) is 8.37. The van der Waals surface area contributed by atoms with Crippen molar-refractivity contribution in [2.45, 2.75) is 0 Å². The highest BCUT2D eigenvalue weighted by atomic mass is 14.9. The van der Waals surface area contributed by atoms with Crippen molar-refractivity contribution in [2.75, 3.05) is 0 Å². The van der Waals surface area contributed by atoms with Crippen molar-refractivity contribution >= 4 is 0 Å². The van der Waals surface area contributed by atoms with Gasteiger partial charge in [0.05, 0.1) is 35.2 Å². The summed E-state index contributed by atoms with van der Waals surface area (Å²) in [7, 11) is 0. The van der Waals surface area contributed by atoms with E-state index in [1.165, 1.54) is 0 Å². The first-order valence-electron chi connectivity index (χ1n) is 11.8. The van der Waals surface area contributed by atoms with E-state index in [-0.39, 0.29) is 0 Å². The molecule has 170 valence electrons. The molecule has 6 aromatic rings. The summed E-state index contributed by atoms with van der Waals surface area (Å²) in [6, 6.07) is 40.6. The summed E-state index contributed by atoms with van der Waals surface area (Å²) in [5.41, 5.74) is 8.70. The molecular formula is C32H22N4. The molecule has 0 unspecified atom stereocenters. The first-order chi connectivity index (χ1) is 17.9. The average Bonchev–Trinajstić information content (AvgIpc) is 2.98. The molecule has 4 heteroatoms. The molecule has 0 aliphatic heterocycles. The van der Waals surface area contributed by atoms with Crippen LogP contribution >= 0.6 is 0 Å². The summed E-state index contributed by atoms with van der Waals surface area (Å²) >= 11 is 0. The molecule has 0 spiro atoms. The fourth-order valence-electron chi connectivity index (χ4n) is 4.23. The molecule has 0 saturated heterocycles. The number of rotatable bonds is 5. The van der Waals surface area contributed by atoms with Crippen molar-refractivity contribution in [2.24, 2.45) is 0 Å². The molecule has 0 radical (unpaired) electrons. The van der Waals surface area contributed by atoms with Crippen molar-refractivity contribution in [3.05, 3.63) is 134 Å². The van der Waals surface area contributed by atoms with Gasteiger partial charge in [0.2, 0.25) is 0 Å².